The molecular formula is C20H31NO7. The van der Waals surface area contributed by atoms with Crippen LogP contribution < -0.4 is 5.32 Å². The molecule has 0 bridgehead atoms. The smallest absolute Gasteiger partial charge is 0.407 e. The van der Waals surface area contributed by atoms with Gasteiger partial charge >= 0.3 is 18.0 Å². The fraction of sp³-hybridized carbons (Fsp3) is 0.850. The van der Waals surface area contributed by atoms with Gasteiger partial charge in [-0.25, -0.2) is 9.59 Å². The van der Waals surface area contributed by atoms with Crippen LogP contribution in [0.15, 0.2) is 0 Å². The number of carbonyl (C=O) groups is 3. The van der Waals surface area contributed by atoms with Gasteiger partial charge in [0.15, 0.2) is 0 Å². The minimum absolute atomic E-state index is 0.0363. The Morgan fingerprint density at radius 2 is 1.64 bits per heavy atom. The van der Waals surface area contributed by atoms with Gasteiger partial charge in [0.05, 0.1) is 26.2 Å². The van der Waals surface area contributed by atoms with Gasteiger partial charge in [-0.2, -0.15) is 0 Å². The Bertz CT molecular complexity index is 609. The molecular weight excluding hydrogens is 366 g/mol. The average Bonchev–Trinajstić information content (AvgIpc) is 3.29. The van der Waals surface area contributed by atoms with Crippen LogP contribution in [0.4, 0.5) is 4.79 Å². The molecule has 0 aromatic rings. The van der Waals surface area contributed by atoms with Crippen LogP contribution in [-0.2, 0) is 23.8 Å². The Labute approximate surface area is 165 Å². The molecule has 4 fully saturated rings. The predicted octanol–water partition coefficient (Wildman–Crippen LogP) is 2.06. The Kier molecular flexibility index (Phi) is 5.89. The molecule has 0 spiro atoms. The first-order valence-corrected chi connectivity index (χ1v) is 10.0. The van der Waals surface area contributed by atoms with E-state index in [0.29, 0.717) is 23.7 Å². The van der Waals surface area contributed by atoms with Gasteiger partial charge in [0, 0.05) is 11.8 Å². The number of fused-ring (bicyclic) bond motifs is 2. The van der Waals surface area contributed by atoms with Crippen LogP contribution >= 0.6 is 0 Å². The zero-order chi connectivity index (χ0) is 20.6. The fourth-order valence-electron chi connectivity index (χ4n) is 4.84. The summed E-state index contributed by atoms with van der Waals surface area (Å²) in [6, 6.07) is -0.771. The lowest BCUT2D eigenvalue weighted by molar-refractivity contribution is -0.158. The Morgan fingerprint density at radius 1 is 1.07 bits per heavy atom. The lowest BCUT2D eigenvalue weighted by Crippen LogP contribution is -2.43. The summed E-state index contributed by atoms with van der Waals surface area (Å²) in [5.41, 5.74) is -0.352. The van der Waals surface area contributed by atoms with Crippen LogP contribution in [0.2, 0.25) is 0 Å². The third kappa shape index (κ3) is 4.59. The number of esters is 1. The third-order valence-corrected chi connectivity index (χ3v) is 6.21. The highest BCUT2D eigenvalue weighted by atomic mass is 16.6. The fourth-order valence-corrected chi connectivity index (χ4v) is 4.84. The van der Waals surface area contributed by atoms with Crippen molar-refractivity contribution in [3.05, 3.63) is 0 Å². The van der Waals surface area contributed by atoms with Gasteiger partial charge in [0.2, 0.25) is 0 Å². The first kappa shape index (κ1) is 20.9. The van der Waals surface area contributed by atoms with E-state index in [1.165, 1.54) is 13.5 Å². The van der Waals surface area contributed by atoms with Crippen molar-refractivity contribution in [2.24, 2.45) is 35.5 Å². The topological polar surface area (TPSA) is 111 Å². The number of hydrogen-bond donors (Lipinski definition) is 2. The van der Waals surface area contributed by atoms with Gasteiger partial charge in [0.25, 0.3) is 0 Å². The minimum Gasteiger partial charge on any atom is -0.480 e. The summed E-state index contributed by atoms with van der Waals surface area (Å²) in [7, 11) is 1.24. The summed E-state index contributed by atoms with van der Waals surface area (Å²) in [6.45, 7) is 7.20. The number of hydrogen-bond acceptors (Lipinski definition) is 6. The lowest BCUT2D eigenvalue weighted by Gasteiger charge is -2.20. The molecule has 1 amide bonds. The molecule has 4 rings (SSSR count). The number of amides is 1. The monoisotopic (exact) mass is 397 g/mol. The molecule has 2 N–H and O–H groups in total. The first-order chi connectivity index (χ1) is 13.1. The van der Waals surface area contributed by atoms with E-state index in [-0.39, 0.29) is 23.4 Å². The summed E-state index contributed by atoms with van der Waals surface area (Å²) >= 11 is 0. The van der Waals surface area contributed by atoms with Crippen molar-refractivity contribution in [2.45, 2.75) is 51.7 Å². The highest BCUT2D eigenvalue weighted by Crippen LogP contribution is 2.59. The molecule has 1 saturated heterocycles. The molecule has 0 aromatic heterocycles. The summed E-state index contributed by atoms with van der Waals surface area (Å²) in [4.78, 5) is 33.5. The van der Waals surface area contributed by atoms with Crippen molar-refractivity contribution in [3.63, 3.8) is 0 Å². The SMILES string of the molecule is CC(C)(C)OC(=O)C1C2COCC21.COC(=O)NC(C(=O)O)C1[C@H]2CCC[C@@H]12. The Balaban J connectivity index is 0.000000162. The number of carboxylic acids is 1. The van der Waals surface area contributed by atoms with Crippen molar-refractivity contribution in [2.75, 3.05) is 20.3 Å². The van der Waals surface area contributed by atoms with E-state index in [2.05, 4.69) is 10.1 Å². The van der Waals surface area contributed by atoms with Gasteiger partial charge in [-0.05, 0) is 51.4 Å². The third-order valence-electron chi connectivity index (χ3n) is 6.21. The Morgan fingerprint density at radius 3 is 2.11 bits per heavy atom. The zero-order valence-corrected chi connectivity index (χ0v) is 17.0. The summed E-state index contributed by atoms with van der Waals surface area (Å²) in [5, 5.41) is 11.4. The van der Waals surface area contributed by atoms with Gasteiger partial charge in [-0.1, -0.05) is 6.42 Å². The molecule has 0 radical (unpaired) electrons. The van der Waals surface area contributed by atoms with E-state index >= 15 is 0 Å². The number of nitrogens with one attached hydrogen (secondary N) is 1. The van der Waals surface area contributed by atoms with Gasteiger partial charge in [-0.3, -0.25) is 4.79 Å². The molecule has 8 nitrogen and oxygen atoms in total. The molecule has 158 valence electrons. The highest BCUT2D eigenvalue weighted by Gasteiger charge is 2.59. The maximum atomic E-state index is 11.6. The van der Waals surface area contributed by atoms with Crippen LogP contribution in [0.5, 0.6) is 0 Å². The van der Waals surface area contributed by atoms with Crippen LogP contribution in [0.3, 0.4) is 0 Å². The molecule has 4 aliphatic rings. The van der Waals surface area contributed by atoms with Gasteiger partial charge < -0.3 is 24.6 Å². The summed E-state index contributed by atoms with van der Waals surface area (Å²) in [5.74, 6) is 1.17. The standard InChI is InChI=1S/C10H15NO4.C10H16O3/c1-15-10(14)11-8(9(12)13)7-5-3-2-4-6(5)7;1-10(2,3)13-9(11)8-6-4-12-5-7(6)8/h5-8H,2-4H2,1H3,(H,11,14)(H,12,13);6-8H,4-5H2,1-3H3/t5-,6+,7?,8?;. The first-order valence-electron chi connectivity index (χ1n) is 10.0. The number of aliphatic carboxylic acids is 1. The molecule has 1 aliphatic heterocycles. The van der Waals surface area contributed by atoms with Crippen molar-refractivity contribution in [1.29, 1.82) is 0 Å². The lowest BCUT2D eigenvalue weighted by atomic mass is 10.0. The van der Waals surface area contributed by atoms with E-state index in [0.717, 1.165) is 26.1 Å². The zero-order valence-electron chi connectivity index (χ0n) is 17.0. The predicted molar refractivity (Wildman–Crippen MR) is 98.4 cm³/mol. The number of rotatable bonds is 4. The van der Waals surface area contributed by atoms with Crippen molar-refractivity contribution < 1.29 is 33.7 Å². The second-order valence-corrected chi connectivity index (χ2v) is 9.21. The van der Waals surface area contributed by atoms with Crippen molar-refractivity contribution >= 4 is 18.0 Å². The number of carboxylic acid groups (broad SMARTS) is 1. The van der Waals surface area contributed by atoms with E-state index in [1.54, 1.807) is 0 Å². The molecule has 0 aromatic carbocycles. The molecule has 8 heteroatoms. The number of carbonyl (C=O) groups excluding carboxylic acids is 2. The summed E-state index contributed by atoms with van der Waals surface area (Å²) in [6.07, 6.45) is 2.73. The normalized spacial score (nSPS) is 35.4. The van der Waals surface area contributed by atoms with Gasteiger partial charge in [0.1, 0.15) is 11.6 Å². The number of methoxy groups -OCH3 is 1. The van der Waals surface area contributed by atoms with Crippen LogP contribution in [0.25, 0.3) is 0 Å². The van der Waals surface area contributed by atoms with E-state index in [1.807, 2.05) is 20.8 Å². The number of alkyl carbamates (subject to hydrolysis) is 1. The van der Waals surface area contributed by atoms with E-state index in [4.69, 9.17) is 14.6 Å². The molecule has 1 heterocycles. The molecule has 28 heavy (non-hydrogen) atoms. The van der Waals surface area contributed by atoms with Crippen molar-refractivity contribution in [1.82, 2.24) is 5.32 Å². The minimum atomic E-state index is -0.959. The van der Waals surface area contributed by atoms with Crippen LogP contribution in [-0.4, -0.2) is 55.1 Å². The van der Waals surface area contributed by atoms with Gasteiger partial charge in [-0.15, -0.1) is 0 Å². The molecule has 3 aliphatic carbocycles. The van der Waals surface area contributed by atoms with Crippen LogP contribution in [0.1, 0.15) is 40.0 Å². The maximum Gasteiger partial charge on any atom is 0.407 e. The average molecular weight is 397 g/mol. The second-order valence-electron chi connectivity index (χ2n) is 9.21. The molecule has 4 unspecified atom stereocenters. The molecule has 3 saturated carbocycles. The number of ether oxygens (including phenoxy) is 3. The van der Waals surface area contributed by atoms with Crippen molar-refractivity contribution in [3.8, 4) is 0 Å². The van der Waals surface area contributed by atoms with E-state index < -0.39 is 18.1 Å². The summed E-state index contributed by atoms with van der Waals surface area (Å²) < 4.78 is 14.9. The largest absolute Gasteiger partial charge is 0.480 e. The highest BCUT2D eigenvalue weighted by molar-refractivity contribution is 5.80. The molecule has 6 atom stereocenters. The van der Waals surface area contributed by atoms with Crippen LogP contribution in [0, 0.1) is 35.5 Å². The Hall–Kier alpha value is -1.83. The van der Waals surface area contributed by atoms with E-state index in [9.17, 15) is 14.4 Å². The second kappa shape index (κ2) is 7.89. The quantitative estimate of drug-likeness (QED) is 0.699. The maximum absolute atomic E-state index is 11.6.